The van der Waals surface area contributed by atoms with Gasteiger partial charge in [0.25, 0.3) is 0 Å². The molecular formula is C13H27N3O3S. The summed E-state index contributed by atoms with van der Waals surface area (Å²) < 4.78 is 24.1. The Balaban J connectivity index is 2.22. The van der Waals surface area contributed by atoms with Gasteiger partial charge in [0.15, 0.2) is 0 Å². The molecule has 0 atom stereocenters. The summed E-state index contributed by atoms with van der Waals surface area (Å²) in [6.07, 6.45) is 7.82. The van der Waals surface area contributed by atoms with Crippen LogP contribution in [0.15, 0.2) is 0 Å². The van der Waals surface area contributed by atoms with Crippen LogP contribution in [-0.2, 0) is 14.8 Å². The van der Waals surface area contributed by atoms with Crippen LogP contribution >= 0.6 is 0 Å². The minimum absolute atomic E-state index is 0.0205. The molecule has 0 aromatic carbocycles. The summed E-state index contributed by atoms with van der Waals surface area (Å²) >= 11 is 0. The number of nitrogens with two attached hydrogens (primary N) is 1. The van der Waals surface area contributed by atoms with Gasteiger partial charge in [-0.05, 0) is 31.2 Å². The predicted molar refractivity (Wildman–Crippen MR) is 79.7 cm³/mol. The molecule has 0 heterocycles. The zero-order valence-electron chi connectivity index (χ0n) is 12.3. The van der Waals surface area contributed by atoms with E-state index in [0.29, 0.717) is 32.5 Å². The van der Waals surface area contributed by atoms with Gasteiger partial charge in [-0.2, -0.15) is 0 Å². The van der Waals surface area contributed by atoms with Gasteiger partial charge in [-0.3, -0.25) is 4.79 Å². The minimum atomic E-state index is -3.14. The number of amides is 1. The topological polar surface area (TPSA) is 101 Å². The van der Waals surface area contributed by atoms with Crippen molar-refractivity contribution in [1.29, 1.82) is 0 Å². The number of hydrogen-bond acceptors (Lipinski definition) is 4. The van der Waals surface area contributed by atoms with Crippen LogP contribution in [0, 0.1) is 5.41 Å². The monoisotopic (exact) mass is 305 g/mol. The average Bonchev–Trinajstić information content (AvgIpc) is 2.38. The molecule has 0 bridgehead atoms. The third-order valence-electron chi connectivity index (χ3n) is 3.92. The largest absolute Gasteiger partial charge is 0.356 e. The molecule has 0 aliphatic heterocycles. The van der Waals surface area contributed by atoms with Gasteiger partial charge >= 0.3 is 0 Å². The highest BCUT2D eigenvalue weighted by atomic mass is 32.2. The zero-order valence-corrected chi connectivity index (χ0v) is 13.1. The van der Waals surface area contributed by atoms with E-state index in [9.17, 15) is 13.2 Å². The Morgan fingerprint density at radius 1 is 1.20 bits per heavy atom. The van der Waals surface area contributed by atoms with E-state index in [-0.39, 0.29) is 11.3 Å². The summed E-state index contributed by atoms with van der Waals surface area (Å²) in [6.45, 7) is 1.40. The lowest BCUT2D eigenvalue weighted by atomic mass is 9.71. The zero-order chi connectivity index (χ0) is 15.1. The molecule has 0 aromatic rings. The Morgan fingerprint density at radius 2 is 1.85 bits per heavy atom. The normalized spacial score (nSPS) is 18.7. The summed E-state index contributed by atoms with van der Waals surface area (Å²) in [5.74, 6) is 0.0247. The first-order valence-electron chi connectivity index (χ1n) is 7.28. The van der Waals surface area contributed by atoms with Crippen molar-refractivity contribution in [2.75, 3.05) is 25.9 Å². The smallest absolute Gasteiger partial charge is 0.220 e. The number of carbonyl (C=O) groups excluding carboxylic acids is 1. The summed E-state index contributed by atoms with van der Waals surface area (Å²) in [7, 11) is -3.14. The van der Waals surface area contributed by atoms with Gasteiger partial charge in [0.1, 0.15) is 0 Å². The van der Waals surface area contributed by atoms with E-state index in [4.69, 9.17) is 5.73 Å². The van der Waals surface area contributed by atoms with Crippen molar-refractivity contribution in [3.05, 3.63) is 0 Å². The van der Waals surface area contributed by atoms with Gasteiger partial charge in [0.05, 0.1) is 6.26 Å². The molecule has 1 rings (SSSR count). The van der Waals surface area contributed by atoms with E-state index in [1.165, 1.54) is 6.42 Å². The van der Waals surface area contributed by atoms with Crippen molar-refractivity contribution in [2.45, 2.75) is 44.9 Å². The second-order valence-electron chi connectivity index (χ2n) is 5.81. The van der Waals surface area contributed by atoms with Crippen LogP contribution in [0.4, 0.5) is 0 Å². The molecule has 6 nitrogen and oxygen atoms in total. The number of nitrogens with one attached hydrogen (secondary N) is 2. The fourth-order valence-corrected chi connectivity index (χ4v) is 3.25. The van der Waals surface area contributed by atoms with Gasteiger partial charge in [-0.15, -0.1) is 0 Å². The Hall–Kier alpha value is -0.660. The maximum absolute atomic E-state index is 11.9. The van der Waals surface area contributed by atoms with E-state index >= 15 is 0 Å². The van der Waals surface area contributed by atoms with Crippen molar-refractivity contribution >= 4 is 15.9 Å². The second-order valence-corrected chi connectivity index (χ2v) is 7.64. The van der Waals surface area contributed by atoms with Gasteiger partial charge < -0.3 is 11.1 Å². The molecule has 1 amide bonds. The van der Waals surface area contributed by atoms with E-state index in [2.05, 4.69) is 10.0 Å². The SMILES string of the molecule is CS(=O)(=O)NCCCNC(=O)CC1(CN)CCCCC1. The lowest BCUT2D eigenvalue weighted by Crippen LogP contribution is -2.39. The molecule has 0 aromatic heterocycles. The highest BCUT2D eigenvalue weighted by Gasteiger charge is 2.32. The number of rotatable bonds is 8. The molecule has 0 saturated heterocycles. The van der Waals surface area contributed by atoms with Gasteiger partial charge in [-0.1, -0.05) is 19.3 Å². The van der Waals surface area contributed by atoms with E-state index < -0.39 is 10.0 Å². The van der Waals surface area contributed by atoms with Crippen molar-refractivity contribution in [3.8, 4) is 0 Å². The van der Waals surface area contributed by atoms with Crippen LogP contribution in [-0.4, -0.2) is 40.2 Å². The first-order valence-corrected chi connectivity index (χ1v) is 9.17. The van der Waals surface area contributed by atoms with E-state index in [1.807, 2.05) is 0 Å². The van der Waals surface area contributed by atoms with Crippen molar-refractivity contribution < 1.29 is 13.2 Å². The molecule has 1 saturated carbocycles. The predicted octanol–water partition coefficient (Wildman–Crippen LogP) is 0.341. The highest BCUT2D eigenvalue weighted by molar-refractivity contribution is 7.88. The van der Waals surface area contributed by atoms with Crippen molar-refractivity contribution in [1.82, 2.24) is 10.0 Å². The number of sulfonamides is 1. The molecule has 1 aliphatic carbocycles. The standard InChI is InChI=1S/C13H27N3O3S/c1-20(18,19)16-9-5-8-15-12(17)10-13(11-14)6-3-2-4-7-13/h16H,2-11,14H2,1H3,(H,15,17). The van der Waals surface area contributed by atoms with E-state index in [0.717, 1.165) is 31.9 Å². The maximum atomic E-state index is 11.9. The fourth-order valence-electron chi connectivity index (χ4n) is 2.73. The summed E-state index contributed by atoms with van der Waals surface area (Å²) in [5, 5.41) is 2.85. The van der Waals surface area contributed by atoms with Gasteiger partial charge in [0, 0.05) is 19.5 Å². The molecule has 1 aliphatic rings. The van der Waals surface area contributed by atoms with Crippen LogP contribution in [0.1, 0.15) is 44.9 Å². The molecule has 1 fully saturated rings. The first kappa shape index (κ1) is 17.4. The molecule has 0 unspecified atom stereocenters. The first-order chi connectivity index (χ1) is 9.37. The second kappa shape index (κ2) is 7.95. The van der Waals surface area contributed by atoms with Crippen molar-refractivity contribution in [3.63, 3.8) is 0 Å². The molecule has 0 radical (unpaired) electrons. The van der Waals surface area contributed by atoms with Gasteiger partial charge in [-0.25, -0.2) is 13.1 Å². The third kappa shape index (κ3) is 6.67. The van der Waals surface area contributed by atoms with E-state index in [1.54, 1.807) is 0 Å². The Bertz CT molecular complexity index is 403. The van der Waals surface area contributed by atoms with Gasteiger partial charge in [0.2, 0.25) is 15.9 Å². The number of carbonyl (C=O) groups is 1. The molecule has 20 heavy (non-hydrogen) atoms. The lowest BCUT2D eigenvalue weighted by molar-refractivity contribution is -0.123. The van der Waals surface area contributed by atoms with Crippen molar-refractivity contribution in [2.24, 2.45) is 11.1 Å². The summed E-state index contributed by atoms with van der Waals surface area (Å²) in [4.78, 5) is 11.9. The molecule has 118 valence electrons. The summed E-state index contributed by atoms with van der Waals surface area (Å²) in [5.41, 5.74) is 5.83. The van der Waals surface area contributed by atoms with Crippen LogP contribution in [0.25, 0.3) is 0 Å². The Kier molecular flexibility index (Phi) is 6.91. The van der Waals surface area contributed by atoms with Crippen LogP contribution in [0.2, 0.25) is 0 Å². The molecule has 7 heteroatoms. The minimum Gasteiger partial charge on any atom is -0.356 e. The van der Waals surface area contributed by atoms with Crippen LogP contribution in [0.3, 0.4) is 0 Å². The number of hydrogen-bond donors (Lipinski definition) is 3. The Labute approximate surface area is 121 Å². The third-order valence-corrected chi connectivity index (χ3v) is 4.65. The quantitative estimate of drug-likeness (QED) is 0.563. The van der Waals surface area contributed by atoms with Crippen LogP contribution < -0.4 is 15.8 Å². The maximum Gasteiger partial charge on any atom is 0.220 e. The summed E-state index contributed by atoms with van der Waals surface area (Å²) in [6, 6.07) is 0. The van der Waals surface area contributed by atoms with Crippen LogP contribution in [0.5, 0.6) is 0 Å². The fraction of sp³-hybridized carbons (Fsp3) is 0.923. The lowest BCUT2D eigenvalue weighted by Gasteiger charge is -2.35. The molecular weight excluding hydrogens is 278 g/mol. The molecule has 0 spiro atoms. The highest BCUT2D eigenvalue weighted by Crippen LogP contribution is 2.38. The Morgan fingerprint density at radius 3 is 2.40 bits per heavy atom. The molecule has 4 N–H and O–H groups in total. The average molecular weight is 305 g/mol.